The summed E-state index contributed by atoms with van der Waals surface area (Å²) < 4.78 is 62.1. The number of aryl methyl sites for hydroxylation is 1. The smallest absolute Gasteiger partial charge is 0.389 e. The van der Waals surface area contributed by atoms with Crippen LogP contribution < -0.4 is 4.72 Å². The highest BCUT2D eigenvalue weighted by Crippen LogP contribution is 2.28. The van der Waals surface area contributed by atoms with Crippen molar-refractivity contribution in [2.75, 3.05) is 4.72 Å². The minimum Gasteiger partial charge on any atom is -0.389 e. The molecule has 0 saturated heterocycles. The van der Waals surface area contributed by atoms with E-state index in [1.165, 1.54) is 25.1 Å². The predicted molar refractivity (Wildman–Crippen MR) is 91.0 cm³/mol. The van der Waals surface area contributed by atoms with Crippen molar-refractivity contribution in [3.63, 3.8) is 0 Å². The number of alkyl halides is 3. The van der Waals surface area contributed by atoms with Crippen LogP contribution >= 0.6 is 0 Å². The summed E-state index contributed by atoms with van der Waals surface area (Å²) >= 11 is 0. The molecule has 1 heterocycles. The molecule has 2 rings (SSSR count). The number of hydrogen-bond donors (Lipinski definition) is 1. The monoisotopic (exact) mass is 387 g/mol. The zero-order valence-electron chi connectivity index (χ0n) is 13.9. The van der Waals surface area contributed by atoms with Crippen molar-refractivity contribution in [3.05, 3.63) is 59.4 Å². The molecular weight excluding hydrogens is 371 g/mol. The second-order valence-corrected chi connectivity index (χ2v) is 7.05. The van der Waals surface area contributed by atoms with Crippen molar-refractivity contribution in [2.45, 2.75) is 26.0 Å². The fourth-order valence-corrected chi connectivity index (χ4v) is 2.56. The van der Waals surface area contributed by atoms with Gasteiger partial charge in [-0.2, -0.15) is 21.6 Å². The number of pyridine rings is 1. The van der Waals surface area contributed by atoms with E-state index in [0.717, 1.165) is 0 Å². The molecule has 0 radical (unpaired) electrons. The number of oxime groups is 1. The van der Waals surface area contributed by atoms with Gasteiger partial charge in [0.05, 0.1) is 17.1 Å². The molecule has 1 N–H and O–H groups in total. The summed E-state index contributed by atoms with van der Waals surface area (Å²) in [4.78, 5) is 9.20. The standard InChI is InChI=1S/C16H16F3N3O3S/c1-11-6-7-15(22-26(23,24)16(17,18)19)14(9-11)12(2)21-25-10-13-5-3-4-8-20-13/h3-9,22H,10H2,1-2H3/b21-12+. The fourth-order valence-electron chi connectivity index (χ4n) is 1.98. The van der Waals surface area contributed by atoms with Crippen molar-refractivity contribution in [1.82, 2.24) is 4.98 Å². The van der Waals surface area contributed by atoms with Crippen LogP contribution in [0.3, 0.4) is 0 Å². The highest BCUT2D eigenvalue weighted by Gasteiger charge is 2.46. The van der Waals surface area contributed by atoms with Gasteiger partial charge in [-0.15, -0.1) is 0 Å². The number of aromatic nitrogens is 1. The maximum Gasteiger partial charge on any atom is 0.516 e. The summed E-state index contributed by atoms with van der Waals surface area (Å²) in [5, 5.41) is 3.84. The van der Waals surface area contributed by atoms with E-state index in [9.17, 15) is 21.6 Å². The molecule has 140 valence electrons. The molecule has 2 aromatic rings. The number of anilines is 1. The normalized spacial score (nSPS) is 12.7. The molecule has 1 aromatic heterocycles. The van der Waals surface area contributed by atoms with Gasteiger partial charge in [-0.05, 0) is 38.1 Å². The first kappa shape index (κ1) is 19.7. The van der Waals surface area contributed by atoms with E-state index < -0.39 is 15.5 Å². The molecule has 0 aliphatic rings. The minimum atomic E-state index is -5.54. The lowest BCUT2D eigenvalue weighted by molar-refractivity contribution is -0.0429. The third kappa shape index (κ3) is 4.94. The summed E-state index contributed by atoms with van der Waals surface area (Å²) in [5.74, 6) is 0. The summed E-state index contributed by atoms with van der Waals surface area (Å²) in [6, 6.07) is 9.47. The molecular formula is C16H16F3N3O3S. The predicted octanol–water partition coefficient (Wildman–Crippen LogP) is 3.59. The zero-order chi connectivity index (χ0) is 19.4. The SMILES string of the molecule is C/C(=N\OCc1ccccn1)c1cc(C)ccc1NS(=O)(=O)C(F)(F)F. The first-order valence-corrected chi connectivity index (χ1v) is 8.85. The van der Waals surface area contributed by atoms with E-state index in [4.69, 9.17) is 4.84 Å². The van der Waals surface area contributed by atoms with Crippen molar-refractivity contribution < 1.29 is 26.4 Å². The summed E-state index contributed by atoms with van der Waals surface area (Å²) in [5.41, 5.74) is -3.94. The molecule has 0 aliphatic heterocycles. The Morgan fingerprint density at radius 2 is 2.00 bits per heavy atom. The lowest BCUT2D eigenvalue weighted by Crippen LogP contribution is -2.30. The summed E-state index contributed by atoms with van der Waals surface area (Å²) in [7, 11) is -5.54. The van der Waals surface area contributed by atoms with E-state index >= 15 is 0 Å². The Morgan fingerprint density at radius 3 is 2.62 bits per heavy atom. The molecule has 0 spiro atoms. The van der Waals surface area contributed by atoms with Crippen LogP contribution in [0.5, 0.6) is 0 Å². The van der Waals surface area contributed by atoms with Gasteiger partial charge in [0.2, 0.25) is 0 Å². The van der Waals surface area contributed by atoms with E-state index in [0.29, 0.717) is 11.3 Å². The van der Waals surface area contributed by atoms with Gasteiger partial charge < -0.3 is 4.84 Å². The number of sulfonamides is 1. The lowest BCUT2D eigenvalue weighted by atomic mass is 10.1. The van der Waals surface area contributed by atoms with Crippen LogP contribution in [0.2, 0.25) is 0 Å². The number of rotatable bonds is 6. The first-order chi connectivity index (χ1) is 12.1. The van der Waals surface area contributed by atoms with Crippen LogP contribution in [0.25, 0.3) is 0 Å². The van der Waals surface area contributed by atoms with Crippen molar-refractivity contribution in [2.24, 2.45) is 5.16 Å². The van der Waals surface area contributed by atoms with Crippen LogP contribution in [-0.4, -0.2) is 24.6 Å². The molecule has 6 nitrogen and oxygen atoms in total. The summed E-state index contributed by atoms with van der Waals surface area (Å²) in [6.07, 6.45) is 1.58. The van der Waals surface area contributed by atoms with Crippen LogP contribution in [0.1, 0.15) is 23.7 Å². The molecule has 0 aliphatic carbocycles. The molecule has 0 amide bonds. The fraction of sp³-hybridized carbons (Fsp3) is 0.250. The van der Waals surface area contributed by atoms with E-state index in [1.807, 2.05) is 0 Å². The Balaban J connectivity index is 2.24. The third-order valence-electron chi connectivity index (χ3n) is 3.25. The second-order valence-electron chi connectivity index (χ2n) is 5.37. The maximum atomic E-state index is 12.6. The first-order valence-electron chi connectivity index (χ1n) is 7.37. The largest absolute Gasteiger partial charge is 0.516 e. The minimum absolute atomic E-state index is 0.0631. The van der Waals surface area contributed by atoms with Gasteiger partial charge >= 0.3 is 15.5 Å². The van der Waals surface area contributed by atoms with Crippen LogP contribution in [0.15, 0.2) is 47.8 Å². The molecule has 10 heteroatoms. The Bertz CT molecular complexity index is 898. The molecule has 1 aromatic carbocycles. The number of nitrogens with one attached hydrogen (secondary N) is 1. The quantitative estimate of drug-likeness (QED) is 0.607. The lowest BCUT2D eigenvalue weighted by Gasteiger charge is -2.14. The van der Waals surface area contributed by atoms with Gasteiger partial charge in [0.25, 0.3) is 0 Å². The molecule has 0 fully saturated rings. The Kier molecular flexibility index (Phi) is 5.86. The summed E-state index contributed by atoms with van der Waals surface area (Å²) in [6.45, 7) is 3.28. The topological polar surface area (TPSA) is 80.7 Å². The Morgan fingerprint density at radius 1 is 1.27 bits per heavy atom. The third-order valence-corrected chi connectivity index (χ3v) is 4.35. The number of benzene rings is 1. The average Bonchev–Trinajstić information content (AvgIpc) is 2.56. The number of halogens is 3. The highest BCUT2D eigenvalue weighted by atomic mass is 32.2. The number of hydrogen-bond acceptors (Lipinski definition) is 5. The van der Waals surface area contributed by atoms with Crippen LogP contribution in [0.4, 0.5) is 18.9 Å². The van der Waals surface area contributed by atoms with Gasteiger partial charge in [-0.3, -0.25) is 9.71 Å². The van der Waals surface area contributed by atoms with Crippen molar-refractivity contribution in [3.8, 4) is 0 Å². The number of nitrogens with zero attached hydrogens (tertiary/aromatic N) is 2. The van der Waals surface area contributed by atoms with Crippen molar-refractivity contribution >= 4 is 21.4 Å². The van der Waals surface area contributed by atoms with Gasteiger partial charge in [0.1, 0.15) is 0 Å². The maximum absolute atomic E-state index is 12.6. The Labute approximate surface area is 148 Å². The van der Waals surface area contributed by atoms with Gasteiger partial charge in [0.15, 0.2) is 6.61 Å². The van der Waals surface area contributed by atoms with Gasteiger partial charge in [0, 0.05) is 11.8 Å². The molecule has 0 atom stereocenters. The average molecular weight is 387 g/mol. The molecule has 0 bridgehead atoms. The molecule has 26 heavy (non-hydrogen) atoms. The van der Waals surface area contributed by atoms with Gasteiger partial charge in [-0.25, -0.2) is 0 Å². The zero-order valence-corrected chi connectivity index (χ0v) is 14.7. The van der Waals surface area contributed by atoms with E-state index in [2.05, 4.69) is 10.1 Å². The van der Waals surface area contributed by atoms with E-state index in [-0.39, 0.29) is 23.6 Å². The Hall–Kier alpha value is -2.62. The van der Waals surface area contributed by atoms with Crippen LogP contribution in [0, 0.1) is 6.92 Å². The van der Waals surface area contributed by atoms with Crippen LogP contribution in [-0.2, 0) is 21.5 Å². The van der Waals surface area contributed by atoms with Crippen molar-refractivity contribution in [1.29, 1.82) is 0 Å². The second kappa shape index (κ2) is 7.73. The van der Waals surface area contributed by atoms with E-state index in [1.54, 1.807) is 36.0 Å². The van der Waals surface area contributed by atoms with Gasteiger partial charge in [-0.1, -0.05) is 22.9 Å². The highest BCUT2D eigenvalue weighted by molar-refractivity contribution is 7.93. The molecule has 0 unspecified atom stereocenters. The molecule has 0 saturated carbocycles.